The van der Waals surface area contributed by atoms with E-state index in [2.05, 4.69) is 0 Å². The van der Waals surface area contributed by atoms with Gasteiger partial charge in [0.2, 0.25) is 0 Å². The minimum absolute atomic E-state index is 0.306. The van der Waals surface area contributed by atoms with Crippen molar-refractivity contribution in [2.75, 3.05) is 0 Å². The van der Waals surface area contributed by atoms with Crippen LogP contribution in [0.3, 0.4) is 0 Å². The fourth-order valence-corrected chi connectivity index (χ4v) is 1.50. The Morgan fingerprint density at radius 1 is 0.947 bits per heavy atom. The fraction of sp³-hybridized carbons (Fsp3) is 0. The molecular weight excluding hydrogens is 250 g/mol. The summed E-state index contributed by atoms with van der Waals surface area (Å²) in [6, 6.07) is 14.4. The molecule has 0 aromatic heterocycles. The van der Waals surface area contributed by atoms with Gasteiger partial charge >= 0.3 is 5.97 Å². The molecule has 0 heterocycles. The topological polar surface area (TPSA) is 26.3 Å². The highest BCUT2D eigenvalue weighted by Crippen LogP contribution is 2.14. The van der Waals surface area contributed by atoms with Gasteiger partial charge in [-0.3, -0.25) is 0 Å². The van der Waals surface area contributed by atoms with Gasteiger partial charge in [0.25, 0.3) is 6.08 Å². The lowest BCUT2D eigenvalue weighted by molar-refractivity contribution is 0.0735. The third kappa shape index (κ3) is 3.74. The van der Waals surface area contributed by atoms with E-state index in [1.165, 1.54) is 24.3 Å². The van der Waals surface area contributed by atoms with E-state index in [4.69, 9.17) is 4.74 Å². The van der Waals surface area contributed by atoms with Crippen LogP contribution in [-0.4, -0.2) is 5.97 Å². The van der Waals surface area contributed by atoms with Gasteiger partial charge in [-0.05, 0) is 29.8 Å². The van der Waals surface area contributed by atoms with Crippen LogP contribution in [0, 0.1) is 0 Å². The van der Waals surface area contributed by atoms with Crippen LogP contribution in [0.15, 0.2) is 60.7 Å². The molecule has 0 saturated heterocycles. The first-order valence-electron chi connectivity index (χ1n) is 5.55. The molecule has 0 amide bonds. The van der Waals surface area contributed by atoms with Crippen molar-refractivity contribution in [2.24, 2.45) is 0 Å². The zero-order valence-corrected chi connectivity index (χ0v) is 9.85. The van der Waals surface area contributed by atoms with Crippen molar-refractivity contribution in [2.45, 2.75) is 0 Å². The number of rotatable bonds is 3. The lowest BCUT2D eigenvalue weighted by atomic mass is 10.1. The quantitative estimate of drug-likeness (QED) is 0.612. The Morgan fingerprint density at radius 3 is 2.16 bits per heavy atom. The van der Waals surface area contributed by atoms with E-state index in [0.29, 0.717) is 16.9 Å². The molecule has 96 valence electrons. The maximum atomic E-state index is 12.0. The van der Waals surface area contributed by atoms with Crippen LogP contribution >= 0.6 is 0 Å². The molecule has 2 aromatic carbocycles. The highest BCUT2D eigenvalue weighted by molar-refractivity contribution is 5.91. The molecule has 0 fully saturated rings. The summed E-state index contributed by atoms with van der Waals surface area (Å²) in [6.45, 7) is 0. The average Bonchev–Trinajstić information content (AvgIpc) is 2.40. The molecule has 0 saturated carbocycles. The van der Waals surface area contributed by atoms with E-state index in [1.807, 2.05) is 6.07 Å². The number of hydrogen-bond acceptors (Lipinski definition) is 2. The summed E-state index contributed by atoms with van der Waals surface area (Å²) in [5.74, 6) is -0.0891. The average molecular weight is 260 g/mol. The maximum absolute atomic E-state index is 12.0. The maximum Gasteiger partial charge on any atom is 0.343 e. The Bertz CT molecular complexity index is 585. The Morgan fingerprint density at radius 2 is 1.58 bits per heavy atom. The van der Waals surface area contributed by atoms with Crippen molar-refractivity contribution in [1.29, 1.82) is 0 Å². The number of ether oxygens (including phenoxy) is 1. The van der Waals surface area contributed by atoms with Gasteiger partial charge in [-0.25, -0.2) is 4.79 Å². The van der Waals surface area contributed by atoms with Gasteiger partial charge in [0.15, 0.2) is 0 Å². The number of carbonyl (C=O) groups excluding carboxylic acids is 1. The van der Waals surface area contributed by atoms with Gasteiger partial charge in [-0.15, -0.1) is 0 Å². The Labute approximate surface area is 108 Å². The number of esters is 1. The lowest BCUT2D eigenvalue weighted by Crippen LogP contribution is -2.08. The summed E-state index contributed by atoms with van der Waals surface area (Å²) in [6.07, 6.45) is -1.05. The molecule has 2 aromatic rings. The first-order chi connectivity index (χ1) is 9.15. The molecule has 0 aliphatic rings. The molecule has 2 rings (SSSR count). The molecule has 0 spiro atoms. The van der Waals surface area contributed by atoms with Gasteiger partial charge in [0.05, 0.1) is 5.56 Å². The molecule has 0 N–H and O–H groups in total. The lowest BCUT2D eigenvalue weighted by Gasteiger charge is -2.04. The summed E-state index contributed by atoms with van der Waals surface area (Å²) in [7, 11) is 0. The minimum Gasteiger partial charge on any atom is -0.423 e. The molecule has 0 unspecified atom stereocenters. The summed E-state index contributed by atoms with van der Waals surface area (Å²) < 4.78 is 29.2. The van der Waals surface area contributed by atoms with Crippen LogP contribution in [-0.2, 0) is 0 Å². The zero-order valence-electron chi connectivity index (χ0n) is 9.85. The highest BCUT2D eigenvalue weighted by Gasteiger charge is 2.07. The van der Waals surface area contributed by atoms with E-state index in [1.54, 1.807) is 24.3 Å². The molecule has 0 aliphatic heterocycles. The molecule has 2 nitrogen and oxygen atoms in total. The van der Waals surface area contributed by atoms with Crippen LogP contribution in [0.2, 0.25) is 0 Å². The Kier molecular flexibility index (Phi) is 4.03. The second-order valence-electron chi connectivity index (χ2n) is 3.76. The number of benzene rings is 2. The first kappa shape index (κ1) is 13.0. The molecule has 19 heavy (non-hydrogen) atoms. The van der Waals surface area contributed by atoms with Crippen molar-refractivity contribution < 1.29 is 18.3 Å². The zero-order chi connectivity index (χ0) is 13.7. The Hall–Kier alpha value is -2.49. The minimum atomic E-state index is -1.78. The van der Waals surface area contributed by atoms with Crippen molar-refractivity contribution >= 4 is 12.0 Å². The van der Waals surface area contributed by atoms with Gasteiger partial charge < -0.3 is 4.74 Å². The Balaban J connectivity index is 2.10. The van der Waals surface area contributed by atoms with Gasteiger partial charge in [-0.1, -0.05) is 30.3 Å². The summed E-state index contributed by atoms with van der Waals surface area (Å²) in [4.78, 5) is 11.8. The summed E-state index contributed by atoms with van der Waals surface area (Å²) in [5, 5.41) is 0. The second-order valence-corrected chi connectivity index (χ2v) is 3.76. The standard InChI is InChI=1S/C15H10F2O2/c16-14(17)10-11-6-8-12(9-7-11)15(18)19-13-4-2-1-3-5-13/h1-10H. The second kappa shape index (κ2) is 5.91. The third-order valence-electron chi connectivity index (χ3n) is 2.38. The monoisotopic (exact) mass is 260 g/mol. The molecule has 0 radical (unpaired) electrons. The molecule has 0 aliphatic carbocycles. The van der Waals surface area contributed by atoms with Crippen molar-refractivity contribution in [1.82, 2.24) is 0 Å². The van der Waals surface area contributed by atoms with E-state index in [0.717, 1.165) is 6.08 Å². The normalized spacial score (nSPS) is 9.79. The first-order valence-corrected chi connectivity index (χ1v) is 5.55. The third-order valence-corrected chi connectivity index (χ3v) is 2.38. The van der Waals surface area contributed by atoms with Crippen LogP contribution in [0.5, 0.6) is 5.75 Å². The van der Waals surface area contributed by atoms with Crippen molar-refractivity contribution in [3.63, 3.8) is 0 Å². The summed E-state index contributed by atoms with van der Waals surface area (Å²) in [5.41, 5.74) is 0.636. The van der Waals surface area contributed by atoms with Crippen molar-refractivity contribution in [3.8, 4) is 5.75 Å². The number of halogens is 2. The van der Waals surface area contributed by atoms with E-state index >= 15 is 0 Å². The molecular formula is C15H10F2O2. The van der Waals surface area contributed by atoms with Gasteiger partial charge in [0.1, 0.15) is 5.75 Å². The molecule has 0 bridgehead atoms. The smallest absolute Gasteiger partial charge is 0.343 e. The highest BCUT2D eigenvalue weighted by atomic mass is 19.3. The largest absolute Gasteiger partial charge is 0.423 e. The fourth-order valence-electron chi connectivity index (χ4n) is 1.50. The molecule has 4 heteroatoms. The van der Waals surface area contributed by atoms with Crippen LogP contribution in [0.4, 0.5) is 8.78 Å². The van der Waals surface area contributed by atoms with Gasteiger partial charge in [0, 0.05) is 6.08 Å². The summed E-state index contributed by atoms with van der Waals surface area (Å²) >= 11 is 0. The van der Waals surface area contributed by atoms with E-state index in [-0.39, 0.29) is 0 Å². The predicted molar refractivity (Wildman–Crippen MR) is 68.0 cm³/mol. The number of para-hydroxylation sites is 1. The number of carbonyl (C=O) groups is 1. The van der Waals surface area contributed by atoms with Crippen LogP contribution in [0.1, 0.15) is 15.9 Å². The molecule has 0 atom stereocenters. The SMILES string of the molecule is O=C(Oc1ccccc1)c1ccc(C=C(F)F)cc1. The van der Waals surface area contributed by atoms with E-state index in [9.17, 15) is 13.6 Å². The van der Waals surface area contributed by atoms with Crippen LogP contribution in [0.25, 0.3) is 6.08 Å². The van der Waals surface area contributed by atoms with Crippen molar-refractivity contribution in [3.05, 3.63) is 71.8 Å². The predicted octanol–water partition coefficient (Wildman–Crippen LogP) is 4.14. The van der Waals surface area contributed by atoms with E-state index < -0.39 is 12.0 Å². The number of hydrogen-bond donors (Lipinski definition) is 0. The van der Waals surface area contributed by atoms with Gasteiger partial charge in [-0.2, -0.15) is 8.78 Å². The van der Waals surface area contributed by atoms with Crippen LogP contribution < -0.4 is 4.74 Å².